The van der Waals surface area contributed by atoms with Crippen LogP contribution in [0.3, 0.4) is 0 Å². The first-order chi connectivity index (χ1) is 14.9. The summed E-state index contributed by atoms with van der Waals surface area (Å²) in [6.07, 6.45) is 11.3. The molecule has 0 bridgehead atoms. The van der Waals surface area contributed by atoms with Crippen molar-refractivity contribution in [2.24, 2.45) is 0 Å². The van der Waals surface area contributed by atoms with Gasteiger partial charge >= 0.3 is 0 Å². The van der Waals surface area contributed by atoms with Crippen molar-refractivity contribution in [2.45, 2.75) is 57.6 Å². The van der Waals surface area contributed by atoms with E-state index in [1.807, 2.05) is 6.92 Å². The van der Waals surface area contributed by atoms with Gasteiger partial charge in [0.05, 0.1) is 17.9 Å². The van der Waals surface area contributed by atoms with E-state index >= 15 is 0 Å². The molecule has 0 amide bonds. The number of nitrogens with one attached hydrogen (secondary N) is 2. The minimum Gasteiger partial charge on any atom is -0.393 e. The lowest BCUT2D eigenvalue weighted by Crippen LogP contribution is -2.29. The van der Waals surface area contributed by atoms with Gasteiger partial charge in [0.1, 0.15) is 17.5 Å². The monoisotopic (exact) mass is 424 g/mol. The molecule has 7 heteroatoms. The standard InChI is InChI=1S/C24H26F2N4O/c1-3-15-13-28-24(30-23(15)29-17-4-6-18(31)7-5-17)27-9-8-19-14(2)10-21-20(19)11-16(25)12-22(21)26/h1,11-13,17-18,31H,4-10H2,2H3,(H2,27,28,29,30). The molecule has 0 aliphatic heterocycles. The zero-order valence-corrected chi connectivity index (χ0v) is 17.5. The zero-order valence-electron chi connectivity index (χ0n) is 17.5. The Morgan fingerprint density at radius 3 is 2.74 bits per heavy atom. The van der Waals surface area contributed by atoms with E-state index in [2.05, 4.69) is 26.5 Å². The van der Waals surface area contributed by atoms with Crippen molar-refractivity contribution in [1.29, 1.82) is 0 Å². The van der Waals surface area contributed by atoms with Crippen molar-refractivity contribution in [3.05, 3.63) is 52.2 Å². The lowest BCUT2D eigenvalue weighted by Gasteiger charge is -2.27. The Balaban J connectivity index is 1.42. The molecule has 1 saturated carbocycles. The summed E-state index contributed by atoms with van der Waals surface area (Å²) in [4.78, 5) is 8.83. The van der Waals surface area contributed by atoms with Crippen molar-refractivity contribution in [2.75, 3.05) is 17.2 Å². The molecule has 1 aromatic heterocycles. The third kappa shape index (κ3) is 4.70. The summed E-state index contributed by atoms with van der Waals surface area (Å²) in [6, 6.07) is 2.56. The highest BCUT2D eigenvalue weighted by atomic mass is 19.1. The van der Waals surface area contributed by atoms with Crippen LogP contribution in [0.4, 0.5) is 20.5 Å². The molecular weight excluding hydrogens is 398 g/mol. The Labute approximate surface area is 181 Å². The highest BCUT2D eigenvalue weighted by Gasteiger charge is 2.23. The number of halogens is 2. The van der Waals surface area contributed by atoms with Crippen molar-refractivity contribution >= 4 is 17.3 Å². The first-order valence-electron chi connectivity index (χ1n) is 10.6. The number of fused-ring (bicyclic) bond motifs is 1. The van der Waals surface area contributed by atoms with Crippen molar-refractivity contribution in [3.63, 3.8) is 0 Å². The average molecular weight is 424 g/mol. The second-order valence-corrected chi connectivity index (χ2v) is 8.28. The fraction of sp³-hybridized carbons (Fsp3) is 0.417. The van der Waals surface area contributed by atoms with Crippen molar-refractivity contribution in [1.82, 2.24) is 9.97 Å². The van der Waals surface area contributed by atoms with Crippen LogP contribution in [0.2, 0.25) is 0 Å². The van der Waals surface area contributed by atoms with Crippen LogP contribution in [0.25, 0.3) is 5.57 Å². The average Bonchev–Trinajstić information content (AvgIpc) is 3.06. The molecule has 31 heavy (non-hydrogen) atoms. The van der Waals surface area contributed by atoms with Gasteiger partial charge in [-0.2, -0.15) is 4.98 Å². The van der Waals surface area contributed by atoms with Gasteiger partial charge in [0, 0.05) is 18.7 Å². The van der Waals surface area contributed by atoms with Crippen LogP contribution in [0, 0.1) is 24.0 Å². The minimum atomic E-state index is -0.560. The van der Waals surface area contributed by atoms with E-state index in [4.69, 9.17) is 6.42 Å². The second kappa shape index (κ2) is 9.03. The Bertz CT molecular complexity index is 1050. The van der Waals surface area contributed by atoms with E-state index in [1.54, 1.807) is 6.20 Å². The van der Waals surface area contributed by atoms with Crippen LogP contribution in [0.15, 0.2) is 23.9 Å². The SMILES string of the molecule is C#Cc1cnc(NCCC2=C(C)Cc3c(F)cc(F)cc32)nc1NC1CCC(O)CC1. The maximum atomic E-state index is 14.1. The lowest BCUT2D eigenvalue weighted by molar-refractivity contribution is 0.126. The van der Waals surface area contributed by atoms with Gasteiger partial charge in [-0.25, -0.2) is 13.8 Å². The van der Waals surface area contributed by atoms with Gasteiger partial charge in [-0.15, -0.1) is 6.42 Å². The van der Waals surface area contributed by atoms with E-state index in [9.17, 15) is 13.9 Å². The molecule has 3 N–H and O–H groups in total. The van der Waals surface area contributed by atoms with E-state index in [0.29, 0.717) is 47.8 Å². The lowest BCUT2D eigenvalue weighted by atomic mass is 9.93. The number of aliphatic hydroxyl groups is 1. The van der Waals surface area contributed by atoms with Crippen LogP contribution in [0.1, 0.15) is 55.7 Å². The van der Waals surface area contributed by atoms with Crippen LogP contribution < -0.4 is 10.6 Å². The van der Waals surface area contributed by atoms with Gasteiger partial charge in [-0.05, 0) is 68.2 Å². The minimum absolute atomic E-state index is 0.214. The fourth-order valence-corrected chi connectivity index (χ4v) is 4.40. The zero-order chi connectivity index (χ0) is 22.0. The number of terminal acetylenes is 1. The van der Waals surface area contributed by atoms with Gasteiger partial charge in [0.2, 0.25) is 5.95 Å². The summed E-state index contributed by atoms with van der Waals surface area (Å²) < 4.78 is 27.8. The van der Waals surface area contributed by atoms with Crippen LogP contribution in [0.5, 0.6) is 0 Å². The third-order valence-electron chi connectivity index (χ3n) is 6.08. The predicted octanol–water partition coefficient (Wildman–Crippen LogP) is 4.28. The Morgan fingerprint density at radius 2 is 2.00 bits per heavy atom. The molecule has 0 radical (unpaired) electrons. The van der Waals surface area contributed by atoms with Crippen LogP contribution in [-0.4, -0.2) is 33.8 Å². The maximum Gasteiger partial charge on any atom is 0.224 e. The smallest absolute Gasteiger partial charge is 0.224 e. The van der Waals surface area contributed by atoms with E-state index in [1.165, 1.54) is 6.07 Å². The number of hydrogen-bond acceptors (Lipinski definition) is 5. The molecule has 1 aromatic carbocycles. The van der Waals surface area contributed by atoms with Gasteiger partial charge in [0.25, 0.3) is 0 Å². The maximum absolute atomic E-state index is 14.1. The summed E-state index contributed by atoms with van der Waals surface area (Å²) in [5.41, 5.74) is 3.81. The van der Waals surface area contributed by atoms with Crippen LogP contribution in [-0.2, 0) is 6.42 Å². The number of allylic oxidation sites excluding steroid dienone is 1. The molecule has 0 unspecified atom stereocenters. The normalized spacial score (nSPS) is 20.4. The molecule has 2 aromatic rings. The van der Waals surface area contributed by atoms with Gasteiger partial charge in [-0.1, -0.05) is 11.5 Å². The Kier molecular flexibility index (Phi) is 6.19. The first-order valence-corrected chi connectivity index (χ1v) is 10.6. The summed E-state index contributed by atoms with van der Waals surface area (Å²) in [5, 5.41) is 16.3. The van der Waals surface area contributed by atoms with E-state index < -0.39 is 11.6 Å². The summed E-state index contributed by atoms with van der Waals surface area (Å²) in [7, 11) is 0. The summed E-state index contributed by atoms with van der Waals surface area (Å²) in [6.45, 7) is 2.47. The summed E-state index contributed by atoms with van der Waals surface area (Å²) in [5.74, 6) is 2.60. The molecular formula is C24H26F2N4O. The molecule has 5 nitrogen and oxygen atoms in total. The number of nitrogens with zero attached hydrogens (tertiary/aromatic N) is 2. The predicted molar refractivity (Wildman–Crippen MR) is 118 cm³/mol. The highest BCUT2D eigenvalue weighted by Crippen LogP contribution is 2.36. The fourth-order valence-electron chi connectivity index (χ4n) is 4.40. The van der Waals surface area contributed by atoms with Gasteiger partial charge in [0.15, 0.2) is 0 Å². The van der Waals surface area contributed by atoms with Crippen molar-refractivity contribution in [3.8, 4) is 12.3 Å². The molecule has 0 saturated heterocycles. The molecule has 1 fully saturated rings. The quantitative estimate of drug-likeness (QED) is 0.604. The number of benzene rings is 1. The summed E-state index contributed by atoms with van der Waals surface area (Å²) >= 11 is 0. The van der Waals surface area contributed by atoms with Gasteiger partial charge in [-0.3, -0.25) is 0 Å². The third-order valence-corrected chi connectivity index (χ3v) is 6.08. The largest absolute Gasteiger partial charge is 0.393 e. The van der Waals surface area contributed by atoms with Crippen molar-refractivity contribution < 1.29 is 13.9 Å². The molecule has 0 spiro atoms. The number of aliphatic hydroxyl groups excluding tert-OH is 1. The Morgan fingerprint density at radius 1 is 1.23 bits per heavy atom. The molecule has 1 heterocycles. The van der Waals surface area contributed by atoms with Crippen LogP contribution >= 0.6 is 0 Å². The molecule has 0 atom stereocenters. The number of rotatable bonds is 6. The van der Waals surface area contributed by atoms with Gasteiger partial charge < -0.3 is 15.7 Å². The van der Waals surface area contributed by atoms with E-state index in [0.717, 1.165) is 42.9 Å². The second-order valence-electron chi connectivity index (χ2n) is 8.28. The highest BCUT2D eigenvalue weighted by molar-refractivity contribution is 5.76. The topological polar surface area (TPSA) is 70.1 Å². The molecule has 162 valence electrons. The molecule has 2 aliphatic carbocycles. The molecule has 4 rings (SSSR count). The molecule has 2 aliphatic rings. The number of hydrogen-bond donors (Lipinski definition) is 3. The Hall–Kier alpha value is -2.98. The first kappa shape index (κ1) is 21.3. The number of anilines is 2. The number of aromatic nitrogens is 2. The van der Waals surface area contributed by atoms with E-state index in [-0.39, 0.29) is 12.1 Å².